The van der Waals surface area contributed by atoms with E-state index in [2.05, 4.69) is 4.74 Å². The molecule has 10 heavy (non-hydrogen) atoms. The molecule has 0 aliphatic heterocycles. The highest BCUT2D eigenvalue weighted by Crippen LogP contribution is 2.21. The molecule has 2 atom stereocenters. The summed E-state index contributed by atoms with van der Waals surface area (Å²) in [5.41, 5.74) is 4.77. The number of nitrogens with two attached hydrogens (primary N) is 1. The zero-order valence-corrected chi connectivity index (χ0v) is 5.62. The third kappa shape index (κ3) is 1.88. The van der Waals surface area contributed by atoms with E-state index in [4.69, 9.17) is 10.8 Å². The highest BCUT2D eigenvalue weighted by atomic mass is 16.6. The second-order valence-corrected chi connectivity index (χ2v) is 2.53. The summed E-state index contributed by atoms with van der Waals surface area (Å²) in [4.78, 5) is 10.2. The van der Waals surface area contributed by atoms with Crippen LogP contribution in [-0.2, 0) is 4.74 Å². The minimum absolute atomic E-state index is 0.160. The summed E-state index contributed by atoms with van der Waals surface area (Å²) in [7, 11) is 0. The van der Waals surface area contributed by atoms with Crippen molar-refractivity contribution in [1.29, 1.82) is 0 Å². The maximum atomic E-state index is 10.2. The number of hydrogen-bond donors (Lipinski definition) is 2. The maximum Gasteiger partial charge on any atom is 0.404 e. The number of carbonyl (C=O) groups is 1. The van der Waals surface area contributed by atoms with Gasteiger partial charge in [-0.1, -0.05) is 0 Å². The number of rotatable bonds is 1. The van der Waals surface area contributed by atoms with E-state index in [1.165, 1.54) is 0 Å². The van der Waals surface area contributed by atoms with E-state index >= 15 is 0 Å². The molecule has 0 aromatic carbocycles. The Bertz CT molecular complexity index is 137. The number of aliphatic hydroxyl groups excluding tert-OH is 1. The van der Waals surface area contributed by atoms with E-state index in [-0.39, 0.29) is 12.2 Å². The molecule has 4 heteroatoms. The van der Waals surface area contributed by atoms with Gasteiger partial charge in [0.15, 0.2) is 0 Å². The number of aliphatic hydroxyl groups is 1. The fourth-order valence-electron chi connectivity index (χ4n) is 1.19. The Hall–Kier alpha value is -0.770. The molecular weight excluding hydrogens is 134 g/mol. The standard InChI is InChI=1S/C6H11NO3/c7-6(9)10-5-2-1-4(8)3-5/h4-5,8H,1-3H2,(H2,7,9)/t4-,5+/m0/s1. The minimum atomic E-state index is -0.751. The molecule has 0 radical (unpaired) electrons. The summed E-state index contributed by atoms with van der Waals surface area (Å²) < 4.78 is 4.66. The SMILES string of the molecule is NC(=O)O[C@@H]1CC[C@H](O)C1. The van der Waals surface area contributed by atoms with Crippen LogP contribution in [0.25, 0.3) is 0 Å². The van der Waals surface area contributed by atoms with Crippen molar-refractivity contribution in [2.45, 2.75) is 31.5 Å². The summed E-state index contributed by atoms with van der Waals surface area (Å²) in [5, 5.41) is 8.98. The van der Waals surface area contributed by atoms with Gasteiger partial charge in [0.2, 0.25) is 0 Å². The molecule has 0 aromatic heterocycles. The summed E-state index contributed by atoms with van der Waals surface area (Å²) in [5.74, 6) is 0. The van der Waals surface area contributed by atoms with E-state index in [9.17, 15) is 4.79 Å². The van der Waals surface area contributed by atoms with Crippen LogP contribution in [0.2, 0.25) is 0 Å². The Balaban J connectivity index is 2.24. The highest BCUT2D eigenvalue weighted by Gasteiger charge is 2.24. The summed E-state index contributed by atoms with van der Waals surface area (Å²) in [6.07, 6.45) is 0.737. The van der Waals surface area contributed by atoms with Crippen molar-refractivity contribution in [1.82, 2.24) is 0 Å². The first kappa shape index (κ1) is 7.34. The van der Waals surface area contributed by atoms with E-state index in [0.717, 1.165) is 6.42 Å². The van der Waals surface area contributed by atoms with E-state index < -0.39 is 6.09 Å². The lowest BCUT2D eigenvalue weighted by atomic mass is 10.3. The largest absolute Gasteiger partial charge is 0.446 e. The first-order chi connectivity index (χ1) is 4.68. The lowest BCUT2D eigenvalue weighted by Gasteiger charge is -2.07. The molecule has 0 saturated heterocycles. The highest BCUT2D eigenvalue weighted by molar-refractivity contribution is 5.64. The average molecular weight is 145 g/mol. The molecule has 4 nitrogen and oxygen atoms in total. The smallest absolute Gasteiger partial charge is 0.404 e. The molecule has 0 spiro atoms. The number of amides is 1. The van der Waals surface area contributed by atoms with Gasteiger partial charge < -0.3 is 15.6 Å². The van der Waals surface area contributed by atoms with Crippen LogP contribution in [0.4, 0.5) is 4.79 Å². The van der Waals surface area contributed by atoms with Gasteiger partial charge in [-0.3, -0.25) is 0 Å². The molecule has 0 unspecified atom stereocenters. The molecule has 1 amide bonds. The minimum Gasteiger partial charge on any atom is -0.446 e. The van der Waals surface area contributed by atoms with E-state index in [1.54, 1.807) is 0 Å². The Morgan fingerprint density at radius 1 is 1.60 bits per heavy atom. The number of hydrogen-bond acceptors (Lipinski definition) is 3. The van der Waals surface area contributed by atoms with Crippen LogP contribution in [0.15, 0.2) is 0 Å². The maximum absolute atomic E-state index is 10.2. The van der Waals surface area contributed by atoms with Crippen LogP contribution in [-0.4, -0.2) is 23.4 Å². The zero-order valence-electron chi connectivity index (χ0n) is 5.62. The summed E-state index contributed by atoms with van der Waals surface area (Å²) in [6, 6.07) is 0. The molecule has 3 N–H and O–H groups in total. The van der Waals surface area contributed by atoms with Gasteiger partial charge in [0.1, 0.15) is 6.10 Å². The Kier molecular flexibility index (Phi) is 2.11. The molecule has 58 valence electrons. The van der Waals surface area contributed by atoms with Crippen molar-refractivity contribution >= 4 is 6.09 Å². The van der Waals surface area contributed by atoms with Crippen LogP contribution in [0.3, 0.4) is 0 Å². The van der Waals surface area contributed by atoms with Crippen LogP contribution < -0.4 is 5.73 Å². The van der Waals surface area contributed by atoms with Crippen molar-refractivity contribution in [2.24, 2.45) is 5.73 Å². The Labute approximate surface area is 59.0 Å². The van der Waals surface area contributed by atoms with Crippen molar-refractivity contribution in [2.75, 3.05) is 0 Å². The molecule has 1 fully saturated rings. The quantitative estimate of drug-likeness (QED) is 0.545. The van der Waals surface area contributed by atoms with Gasteiger partial charge in [0, 0.05) is 6.42 Å². The van der Waals surface area contributed by atoms with Crippen LogP contribution >= 0.6 is 0 Å². The first-order valence-corrected chi connectivity index (χ1v) is 3.32. The van der Waals surface area contributed by atoms with Gasteiger partial charge in [-0.25, -0.2) is 4.79 Å². The van der Waals surface area contributed by atoms with Gasteiger partial charge in [0.25, 0.3) is 0 Å². The third-order valence-corrected chi connectivity index (χ3v) is 1.64. The molecule has 0 bridgehead atoms. The van der Waals surface area contributed by atoms with Gasteiger partial charge in [-0.2, -0.15) is 0 Å². The van der Waals surface area contributed by atoms with Crippen LogP contribution in [0.5, 0.6) is 0 Å². The van der Waals surface area contributed by atoms with Gasteiger partial charge >= 0.3 is 6.09 Å². The summed E-state index contributed by atoms with van der Waals surface area (Å²) >= 11 is 0. The molecule has 1 saturated carbocycles. The predicted octanol–water partition coefficient (Wildman–Crippen LogP) is -0.00490. The molecular formula is C6H11NO3. The second-order valence-electron chi connectivity index (χ2n) is 2.53. The molecule has 1 aliphatic rings. The fraction of sp³-hybridized carbons (Fsp3) is 0.833. The molecule has 1 rings (SSSR count). The monoisotopic (exact) mass is 145 g/mol. The van der Waals surface area contributed by atoms with Gasteiger partial charge in [-0.05, 0) is 12.8 Å². The first-order valence-electron chi connectivity index (χ1n) is 3.32. The molecule has 0 heterocycles. The zero-order chi connectivity index (χ0) is 7.56. The summed E-state index contributed by atoms with van der Waals surface area (Å²) in [6.45, 7) is 0. The van der Waals surface area contributed by atoms with Crippen LogP contribution in [0.1, 0.15) is 19.3 Å². The van der Waals surface area contributed by atoms with Gasteiger partial charge in [0.05, 0.1) is 6.10 Å². The topological polar surface area (TPSA) is 72.6 Å². The fourth-order valence-corrected chi connectivity index (χ4v) is 1.19. The Morgan fingerprint density at radius 3 is 2.70 bits per heavy atom. The van der Waals surface area contributed by atoms with Crippen molar-refractivity contribution < 1.29 is 14.6 Å². The van der Waals surface area contributed by atoms with Gasteiger partial charge in [-0.15, -0.1) is 0 Å². The van der Waals surface area contributed by atoms with Crippen molar-refractivity contribution in [3.8, 4) is 0 Å². The number of ether oxygens (including phenoxy) is 1. The van der Waals surface area contributed by atoms with Crippen LogP contribution in [0, 0.1) is 0 Å². The van der Waals surface area contributed by atoms with E-state index in [1.807, 2.05) is 0 Å². The lowest BCUT2D eigenvalue weighted by molar-refractivity contribution is 0.0965. The van der Waals surface area contributed by atoms with Crippen molar-refractivity contribution in [3.63, 3.8) is 0 Å². The molecule has 1 aliphatic carbocycles. The molecule has 0 aromatic rings. The normalized spacial score (nSPS) is 32.1. The lowest BCUT2D eigenvalue weighted by Crippen LogP contribution is -2.20. The van der Waals surface area contributed by atoms with Crippen molar-refractivity contribution in [3.05, 3.63) is 0 Å². The number of primary amides is 1. The predicted molar refractivity (Wildman–Crippen MR) is 34.3 cm³/mol. The average Bonchev–Trinajstić information content (AvgIpc) is 2.13. The number of carbonyl (C=O) groups excluding carboxylic acids is 1. The Morgan fingerprint density at radius 2 is 2.30 bits per heavy atom. The van der Waals surface area contributed by atoms with E-state index in [0.29, 0.717) is 12.8 Å². The third-order valence-electron chi connectivity index (χ3n) is 1.64. The second kappa shape index (κ2) is 2.88.